The van der Waals surface area contributed by atoms with Gasteiger partial charge in [0.15, 0.2) is 0 Å². The van der Waals surface area contributed by atoms with Crippen molar-refractivity contribution in [3.05, 3.63) is 28.8 Å². The molecule has 14 heavy (non-hydrogen) atoms. The Labute approximate surface area is 85.1 Å². The first-order valence-corrected chi connectivity index (χ1v) is 5.02. The SMILES string of the molecule is COc1c(C2(N)CC2)ccc(C)c1C. The average molecular weight is 191 g/mol. The molecule has 2 heteroatoms. The van der Waals surface area contributed by atoms with E-state index in [-0.39, 0.29) is 5.54 Å². The Bertz CT molecular complexity index is 367. The molecule has 0 heterocycles. The van der Waals surface area contributed by atoms with Crippen molar-refractivity contribution in [2.45, 2.75) is 32.2 Å². The molecule has 0 bridgehead atoms. The first-order valence-electron chi connectivity index (χ1n) is 5.02. The van der Waals surface area contributed by atoms with Crippen molar-refractivity contribution in [1.29, 1.82) is 0 Å². The molecule has 0 unspecified atom stereocenters. The van der Waals surface area contributed by atoms with E-state index in [1.54, 1.807) is 7.11 Å². The number of benzene rings is 1. The van der Waals surface area contributed by atoms with Gasteiger partial charge in [0.25, 0.3) is 0 Å². The van der Waals surface area contributed by atoms with E-state index in [2.05, 4.69) is 26.0 Å². The minimum atomic E-state index is -0.107. The van der Waals surface area contributed by atoms with Crippen LogP contribution in [0.15, 0.2) is 12.1 Å². The fraction of sp³-hybridized carbons (Fsp3) is 0.500. The zero-order valence-electron chi connectivity index (χ0n) is 9.05. The van der Waals surface area contributed by atoms with Crippen molar-refractivity contribution < 1.29 is 4.74 Å². The summed E-state index contributed by atoms with van der Waals surface area (Å²) >= 11 is 0. The van der Waals surface area contributed by atoms with E-state index >= 15 is 0 Å². The molecule has 2 nitrogen and oxygen atoms in total. The maximum absolute atomic E-state index is 6.18. The van der Waals surface area contributed by atoms with Gasteiger partial charge in [-0.25, -0.2) is 0 Å². The zero-order chi connectivity index (χ0) is 10.3. The number of rotatable bonds is 2. The number of methoxy groups -OCH3 is 1. The van der Waals surface area contributed by atoms with Gasteiger partial charge in [0, 0.05) is 11.1 Å². The third kappa shape index (κ3) is 1.30. The summed E-state index contributed by atoms with van der Waals surface area (Å²) in [6.07, 6.45) is 2.15. The number of aryl methyl sites for hydroxylation is 1. The van der Waals surface area contributed by atoms with Gasteiger partial charge in [0.2, 0.25) is 0 Å². The summed E-state index contributed by atoms with van der Waals surface area (Å²) in [5, 5.41) is 0. The zero-order valence-corrected chi connectivity index (χ0v) is 9.05. The van der Waals surface area contributed by atoms with Crippen LogP contribution in [0.3, 0.4) is 0 Å². The standard InChI is InChI=1S/C12H17NO/c1-8-4-5-10(12(13)6-7-12)11(14-3)9(8)2/h4-5H,6-7,13H2,1-3H3. The van der Waals surface area contributed by atoms with Crippen LogP contribution in [0, 0.1) is 13.8 Å². The van der Waals surface area contributed by atoms with Crippen LogP contribution in [0.25, 0.3) is 0 Å². The second kappa shape index (κ2) is 2.99. The maximum atomic E-state index is 6.18. The van der Waals surface area contributed by atoms with Crippen molar-refractivity contribution in [2.75, 3.05) is 7.11 Å². The molecule has 1 aliphatic rings. The number of hydrogen-bond acceptors (Lipinski definition) is 2. The molecule has 1 aromatic carbocycles. The number of nitrogens with two attached hydrogens (primary N) is 1. The lowest BCUT2D eigenvalue weighted by atomic mass is 9.98. The normalized spacial score (nSPS) is 18.0. The van der Waals surface area contributed by atoms with Gasteiger partial charge in [-0.1, -0.05) is 12.1 Å². The smallest absolute Gasteiger partial charge is 0.127 e. The summed E-state index contributed by atoms with van der Waals surface area (Å²) in [6, 6.07) is 4.23. The van der Waals surface area contributed by atoms with Gasteiger partial charge in [0.05, 0.1) is 7.11 Å². The summed E-state index contributed by atoms with van der Waals surface area (Å²) in [4.78, 5) is 0. The average Bonchev–Trinajstić information content (AvgIpc) is 2.89. The third-order valence-corrected chi connectivity index (χ3v) is 3.21. The van der Waals surface area contributed by atoms with Gasteiger partial charge in [-0.15, -0.1) is 0 Å². The van der Waals surface area contributed by atoms with Crippen molar-refractivity contribution in [3.63, 3.8) is 0 Å². The lowest BCUT2D eigenvalue weighted by molar-refractivity contribution is 0.401. The summed E-state index contributed by atoms with van der Waals surface area (Å²) < 4.78 is 5.44. The van der Waals surface area contributed by atoms with Crippen LogP contribution in [0.4, 0.5) is 0 Å². The van der Waals surface area contributed by atoms with Gasteiger partial charge in [-0.2, -0.15) is 0 Å². The van der Waals surface area contributed by atoms with Gasteiger partial charge in [0.1, 0.15) is 5.75 Å². The van der Waals surface area contributed by atoms with E-state index < -0.39 is 0 Å². The molecule has 1 aliphatic carbocycles. The molecule has 0 spiro atoms. The van der Waals surface area contributed by atoms with Crippen molar-refractivity contribution in [1.82, 2.24) is 0 Å². The van der Waals surface area contributed by atoms with Crippen molar-refractivity contribution in [2.24, 2.45) is 5.73 Å². The quantitative estimate of drug-likeness (QED) is 0.778. The third-order valence-electron chi connectivity index (χ3n) is 3.21. The molecule has 0 amide bonds. The van der Waals surface area contributed by atoms with Crippen LogP contribution in [0.5, 0.6) is 5.75 Å². The van der Waals surface area contributed by atoms with E-state index in [9.17, 15) is 0 Å². The highest BCUT2D eigenvalue weighted by Crippen LogP contribution is 2.47. The van der Waals surface area contributed by atoms with Gasteiger partial charge in [-0.3, -0.25) is 0 Å². The molecule has 0 aliphatic heterocycles. The molecule has 1 aromatic rings. The van der Waals surface area contributed by atoms with Crippen LogP contribution < -0.4 is 10.5 Å². The maximum Gasteiger partial charge on any atom is 0.127 e. The van der Waals surface area contributed by atoms with Crippen LogP contribution >= 0.6 is 0 Å². The van der Waals surface area contributed by atoms with Crippen molar-refractivity contribution >= 4 is 0 Å². The molecule has 0 aromatic heterocycles. The lowest BCUT2D eigenvalue weighted by Gasteiger charge is -2.17. The Morgan fingerprint density at radius 1 is 1.29 bits per heavy atom. The highest BCUT2D eigenvalue weighted by atomic mass is 16.5. The topological polar surface area (TPSA) is 35.2 Å². The molecule has 0 saturated heterocycles. The summed E-state index contributed by atoms with van der Waals surface area (Å²) in [7, 11) is 1.72. The Morgan fingerprint density at radius 2 is 1.93 bits per heavy atom. The molecule has 76 valence electrons. The monoisotopic (exact) mass is 191 g/mol. The molecule has 1 saturated carbocycles. The fourth-order valence-electron chi connectivity index (χ4n) is 1.85. The Morgan fingerprint density at radius 3 is 2.43 bits per heavy atom. The molecular formula is C12H17NO. The van der Waals surface area contributed by atoms with Gasteiger partial charge < -0.3 is 10.5 Å². The molecule has 2 N–H and O–H groups in total. The minimum absolute atomic E-state index is 0.107. The highest BCUT2D eigenvalue weighted by molar-refractivity contribution is 5.50. The Kier molecular flexibility index (Phi) is 2.04. The van der Waals surface area contributed by atoms with E-state index in [0.29, 0.717) is 0 Å². The first kappa shape index (κ1) is 9.53. The van der Waals surface area contributed by atoms with Crippen LogP contribution in [-0.4, -0.2) is 7.11 Å². The Balaban J connectivity index is 2.55. The largest absolute Gasteiger partial charge is 0.496 e. The van der Waals surface area contributed by atoms with Gasteiger partial charge >= 0.3 is 0 Å². The predicted octanol–water partition coefficient (Wildman–Crippen LogP) is 2.26. The van der Waals surface area contributed by atoms with Crippen molar-refractivity contribution in [3.8, 4) is 5.75 Å². The predicted molar refractivity (Wildman–Crippen MR) is 57.6 cm³/mol. The summed E-state index contributed by atoms with van der Waals surface area (Å²) in [6.45, 7) is 4.18. The van der Waals surface area contributed by atoms with Crippen LogP contribution in [0.2, 0.25) is 0 Å². The summed E-state index contributed by atoms with van der Waals surface area (Å²) in [5.74, 6) is 0.977. The first-order chi connectivity index (χ1) is 6.58. The second-order valence-electron chi connectivity index (χ2n) is 4.24. The second-order valence-corrected chi connectivity index (χ2v) is 4.24. The van der Waals surface area contributed by atoms with E-state index in [0.717, 1.165) is 18.6 Å². The highest BCUT2D eigenvalue weighted by Gasteiger charge is 2.42. The molecular weight excluding hydrogens is 174 g/mol. The van der Waals surface area contributed by atoms with E-state index in [4.69, 9.17) is 10.5 Å². The molecule has 0 atom stereocenters. The molecule has 0 radical (unpaired) electrons. The molecule has 2 rings (SSSR count). The summed E-state index contributed by atoms with van der Waals surface area (Å²) in [5.41, 5.74) is 9.71. The molecule has 1 fully saturated rings. The minimum Gasteiger partial charge on any atom is -0.496 e. The van der Waals surface area contributed by atoms with Crippen LogP contribution in [0.1, 0.15) is 29.5 Å². The van der Waals surface area contributed by atoms with Crippen LogP contribution in [-0.2, 0) is 5.54 Å². The number of hydrogen-bond donors (Lipinski definition) is 1. The van der Waals surface area contributed by atoms with E-state index in [1.807, 2.05) is 0 Å². The van der Waals surface area contributed by atoms with Gasteiger partial charge in [-0.05, 0) is 37.8 Å². The number of ether oxygens (including phenoxy) is 1. The Hall–Kier alpha value is -1.02. The fourth-order valence-corrected chi connectivity index (χ4v) is 1.85. The lowest BCUT2D eigenvalue weighted by Crippen LogP contribution is -2.20. The van der Waals surface area contributed by atoms with E-state index in [1.165, 1.54) is 16.7 Å².